The first kappa shape index (κ1) is 41.9. The number of hydrogen-bond acceptors (Lipinski definition) is 14. The van der Waals surface area contributed by atoms with E-state index in [0.717, 1.165) is 0 Å². The molecule has 0 bridgehead atoms. The van der Waals surface area contributed by atoms with E-state index < -0.39 is 79.1 Å². The smallest absolute Gasteiger partial charge is 0.330 e. The number of hydrogen-bond donors (Lipinski definition) is 3. The molecule has 292 valence electrons. The van der Waals surface area contributed by atoms with Crippen LogP contribution in [0.5, 0.6) is 0 Å². The molecule has 4 rings (SSSR count). The van der Waals surface area contributed by atoms with Crippen LogP contribution in [0.3, 0.4) is 0 Å². The van der Waals surface area contributed by atoms with Crippen molar-refractivity contribution in [1.82, 2.24) is 4.90 Å². The fourth-order valence-corrected chi connectivity index (χ4v) is 7.69. The molecule has 0 unspecified atom stereocenters. The van der Waals surface area contributed by atoms with Gasteiger partial charge in [-0.3, -0.25) is 4.79 Å². The Morgan fingerprint density at radius 3 is 2.20 bits per heavy atom. The molecule has 3 N–H and O–H groups in total. The second kappa shape index (κ2) is 18.0. The number of rotatable bonds is 9. The van der Waals surface area contributed by atoms with Crippen molar-refractivity contribution in [1.29, 1.82) is 0 Å². The van der Waals surface area contributed by atoms with Crippen LogP contribution in [0.4, 0.5) is 0 Å². The first-order valence-corrected chi connectivity index (χ1v) is 18.2. The number of aliphatic hydroxyl groups is 3. The van der Waals surface area contributed by atoms with Gasteiger partial charge in [-0.15, -0.1) is 0 Å². The van der Waals surface area contributed by atoms with Gasteiger partial charge in [-0.05, 0) is 65.3 Å². The number of aliphatic hydroxyl groups excluding tert-OH is 2. The van der Waals surface area contributed by atoms with E-state index in [1.165, 1.54) is 26.4 Å². The monoisotopic (exact) mass is 727 g/mol. The topological polar surface area (TPSA) is 175 Å². The number of allylic oxidation sites excluding steroid dienone is 1. The van der Waals surface area contributed by atoms with Crippen molar-refractivity contribution in [3.05, 3.63) is 24.3 Å². The minimum Gasteiger partial charge on any atom is -0.456 e. The third-order valence-corrected chi connectivity index (χ3v) is 10.8. The Morgan fingerprint density at radius 2 is 1.57 bits per heavy atom. The zero-order valence-corrected chi connectivity index (χ0v) is 31.7. The maximum absolute atomic E-state index is 13.4. The van der Waals surface area contributed by atoms with Crippen LogP contribution in [0.1, 0.15) is 60.8 Å². The summed E-state index contributed by atoms with van der Waals surface area (Å²) in [5, 5.41) is 34.0. The quantitative estimate of drug-likeness (QED) is 0.232. The van der Waals surface area contributed by atoms with Crippen molar-refractivity contribution >= 4 is 11.8 Å². The van der Waals surface area contributed by atoms with Gasteiger partial charge in [0.2, 0.25) is 0 Å². The molecule has 3 fully saturated rings. The van der Waals surface area contributed by atoms with Crippen molar-refractivity contribution in [2.24, 2.45) is 17.8 Å². The Bertz CT molecular complexity index is 1210. The molecule has 3 saturated heterocycles. The number of epoxide rings is 1. The van der Waals surface area contributed by atoms with E-state index in [0.29, 0.717) is 12.8 Å². The predicted octanol–water partition coefficient (Wildman–Crippen LogP) is 1.76. The van der Waals surface area contributed by atoms with Crippen LogP contribution in [-0.2, 0) is 47.5 Å². The van der Waals surface area contributed by atoms with Gasteiger partial charge in [-0.2, -0.15) is 0 Å². The highest BCUT2D eigenvalue weighted by Crippen LogP contribution is 2.40. The molecule has 0 spiro atoms. The van der Waals surface area contributed by atoms with Gasteiger partial charge in [0.25, 0.3) is 0 Å². The van der Waals surface area contributed by atoms with Crippen LogP contribution in [0.25, 0.3) is 0 Å². The fraction of sp³-hybridized carbons (Fsp3) is 0.838. The van der Waals surface area contributed by atoms with Crippen LogP contribution in [0.15, 0.2) is 24.3 Å². The lowest BCUT2D eigenvalue weighted by Gasteiger charge is -2.43. The van der Waals surface area contributed by atoms with Gasteiger partial charge in [-0.1, -0.05) is 33.8 Å². The van der Waals surface area contributed by atoms with Crippen molar-refractivity contribution in [2.75, 3.05) is 34.9 Å². The van der Waals surface area contributed by atoms with Crippen LogP contribution in [-0.4, -0.2) is 152 Å². The van der Waals surface area contributed by atoms with E-state index in [2.05, 4.69) is 0 Å². The number of nitrogens with zero attached hydrogens (tertiary/aromatic N) is 1. The highest BCUT2D eigenvalue weighted by Gasteiger charge is 2.59. The molecule has 4 aliphatic rings. The molecule has 0 saturated carbocycles. The third-order valence-electron chi connectivity index (χ3n) is 10.8. The molecule has 0 aromatic carbocycles. The minimum atomic E-state index is -1.86. The largest absolute Gasteiger partial charge is 0.456 e. The van der Waals surface area contributed by atoms with Gasteiger partial charge in [0, 0.05) is 38.2 Å². The van der Waals surface area contributed by atoms with Crippen LogP contribution < -0.4 is 0 Å². The Kier molecular flexibility index (Phi) is 14.8. The average molecular weight is 728 g/mol. The van der Waals surface area contributed by atoms with Crippen molar-refractivity contribution < 1.29 is 62.8 Å². The predicted molar refractivity (Wildman–Crippen MR) is 184 cm³/mol. The molecule has 0 aromatic heterocycles. The van der Waals surface area contributed by atoms with Gasteiger partial charge in [0.1, 0.15) is 42.7 Å². The number of ether oxygens (including phenoxy) is 8. The number of ketones is 1. The van der Waals surface area contributed by atoms with E-state index in [1.807, 2.05) is 46.7 Å². The molecule has 14 nitrogen and oxygen atoms in total. The normalized spacial score (nSPS) is 47.0. The summed E-state index contributed by atoms with van der Waals surface area (Å²) in [5.41, 5.74) is -1.86. The van der Waals surface area contributed by atoms with Gasteiger partial charge < -0.3 is 58.1 Å². The first-order valence-electron chi connectivity index (χ1n) is 18.2. The van der Waals surface area contributed by atoms with E-state index in [1.54, 1.807) is 26.0 Å². The maximum Gasteiger partial charge on any atom is 0.330 e. The number of carbonyl (C=O) groups is 2. The van der Waals surface area contributed by atoms with Crippen LogP contribution in [0.2, 0.25) is 0 Å². The first-order chi connectivity index (χ1) is 24.1. The number of likely N-dealkylation sites (N-methyl/N-ethyl adjacent to an activating group) is 1. The highest BCUT2D eigenvalue weighted by atomic mass is 16.7. The molecule has 0 amide bonds. The third kappa shape index (κ3) is 9.84. The molecule has 17 atom stereocenters. The Balaban J connectivity index is 1.59. The van der Waals surface area contributed by atoms with Gasteiger partial charge >= 0.3 is 5.97 Å². The van der Waals surface area contributed by atoms with Gasteiger partial charge in [0.15, 0.2) is 24.0 Å². The molecule has 51 heavy (non-hydrogen) atoms. The van der Waals surface area contributed by atoms with E-state index in [9.17, 15) is 24.9 Å². The zero-order valence-electron chi connectivity index (χ0n) is 31.7. The molecule has 4 heterocycles. The average Bonchev–Trinajstić information content (AvgIpc) is 3.88. The van der Waals surface area contributed by atoms with Crippen molar-refractivity contribution in [2.45, 2.75) is 146 Å². The Hall–Kier alpha value is -1.82. The second-order valence-electron chi connectivity index (χ2n) is 15.0. The maximum atomic E-state index is 13.4. The molecular weight excluding hydrogens is 666 g/mol. The van der Waals surface area contributed by atoms with E-state index >= 15 is 0 Å². The van der Waals surface area contributed by atoms with Crippen LogP contribution >= 0.6 is 0 Å². The van der Waals surface area contributed by atoms with Crippen LogP contribution in [0, 0.1) is 17.8 Å². The molecule has 4 aliphatic heterocycles. The summed E-state index contributed by atoms with van der Waals surface area (Å²) in [6.07, 6.45) is -1.95. The second-order valence-corrected chi connectivity index (χ2v) is 15.0. The Labute approximate surface area is 302 Å². The van der Waals surface area contributed by atoms with E-state index in [4.69, 9.17) is 37.9 Å². The number of methoxy groups -OCH3 is 2. The summed E-state index contributed by atoms with van der Waals surface area (Å²) in [7, 11) is 6.70. The molecule has 0 radical (unpaired) electrons. The number of fused-ring (bicyclic) bond motifs is 1. The van der Waals surface area contributed by atoms with Crippen molar-refractivity contribution in [3.63, 3.8) is 0 Å². The SMILES string of the molecule is CC[C@H]1OC(=O)/C=C/[C@H](C)[C@@H](O[C@@H]2O[C@H](C)C[C@H](N(C)C)[C@H]2O)[C@@H](C)C[C@@H](C)C(=O)/C=C/[C@H]2O[C@@H]2[C@]1(O)CO[C@@H]1O[C@H](C)[C@@H](O)[C@@H](OC)[C@H]1OC. The lowest BCUT2D eigenvalue weighted by Crippen LogP contribution is -2.60. The molecular formula is C37H61NO13. The Morgan fingerprint density at radius 1 is 0.882 bits per heavy atom. The standard InChI is InChI=1S/C37H61NO13/c1-11-27-37(43,18-46-36-33(45-10)32(44-9)29(41)23(6)48-36)34-26(49-34)14-13-25(39)20(3)16-21(4)31(19(2)12-15-28(40)50-27)51-35-30(42)24(38(7)8)17-22(5)47-35/h12-15,19-24,26-27,29-36,41-43H,11,16-18H2,1-10H3/b14-13+,15-12+/t19-,20+,21-,22+,23+,24-,26+,27+,29+,30+,31+,32+,33+,34-,35-,36+,37-/m0/s1. The van der Waals surface area contributed by atoms with Crippen molar-refractivity contribution in [3.8, 4) is 0 Å². The summed E-state index contributed by atoms with van der Waals surface area (Å²) in [5.74, 6) is -1.71. The lowest BCUT2D eigenvalue weighted by atomic mass is 9.84. The van der Waals surface area contributed by atoms with Gasteiger partial charge in [0.05, 0.1) is 24.9 Å². The zero-order chi connectivity index (χ0) is 37.8. The summed E-state index contributed by atoms with van der Waals surface area (Å²) >= 11 is 0. The molecule has 0 aromatic rings. The minimum absolute atomic E-state index is 0.115. The molecule has 14 heteroatoms. The summed E-state index contributed by atoms with van der Waals surface area (Å²) in [6.45, 7) is 10.7. The van der Waals surface area contributed by atoms with Gasteiger partial charge in [-0.25, -0.2) is 4.79 Å². The number of esters is 1. The fourth-order valence-electron chi connectivity index (χ4n) is 7.69. The summed E-state index contributed by atoms with van der Waals surface area (Å²) in [4.78, 5) is 28.7. The number of carbonyl (C=O) groups excluding carboxylic acids is 2. The van der Waals surface area contributed by atoms with E-state index in [-0.39, 0.29) is 48.7 Å². The number of cyclic esters (lactones) is 1. The summed E-state index contributed by atoms with van der Waals surface area (Å²) < 4.78 is 47.4. The summed E-state index contributed by atoms with van der Waals surface area (Å²) in [6, 6.07) is -0.171. The molecule has 0 aliphatic carbocycles. The lowest BCUT2D eigenvalue weighted by molar-refractivity contribution is -0.313. The highest BCUT2D eigenvalue weighted by molar-refractivity contribution is 5.91.